The second-order valence-corrected chi connectivity index (χ2v) is 3.99. The Bertz CT molecular complexity index is 258. The molecule has 0 saturated heterocycles. The molecule has 4 heteroatoms. The first kappa shape index (κ1) is 14.7. The van der Waals surface area contributed by atoms with E-state index in [1.54, 1.807) is 19.1 Å². The molecule has 0 aliphatic carbocycles. The van der Waals surface area contributed by atoms with Crippen LogP contribution in [0.3, 0.4) is 0 Å². The number of carboxylic acids is 2. The zero-order chi connectivity index (χ0) is 12.6. The molecule has 2 atom stereocenters. The van der Waals surface area contributed by atoms with Crippen LogP contribution in [-0.4, -0.2) is 22.2 Å². The Kier molecular flexibility index (Phi) is 7.25. The van der Waals surface area contributed by atoms with Crippen LogP contribution < -0.4 is 0 Å². The minimum absolute atomic E-state index is 0.380. The van der Waals surface area contributed by atoms with Crippen molar-refractivity contribution in [2.24, 2.45) is 11.8 Å². The van der Waals surface area contributed by atoms with Crippen molar-refractivity contribution in [3.63, 3.8) is 0 Å². The topological polar surface area (TPSA) is 74.6 Å². The molecular formula is C12H20O4. The Morgan fingerprint density at radius 2 is 1.88 bits per heavy atom. The highest BCUT2D eigenvalue weighted by molar-refractivity contribution is 5.72. The zero-order valence-electron chi connectivity index (χ0n) is 9.85. The molecule has 0 saturated carbocycles. The van der Waals surface area contributed by atoms with Crippen LogP contribution in [0.2, 0.25) is 0 Å². The van der Waals surface area contributed by atoms with Crippen molar-refractivity contribution in [1.29, 1.82) is 0 Å². The second kappa shape index (κ2) is 7.91. The van der Waals surface area contributed by atoms with Crippen LogP contribution in [-0.2, 0) is 9.59 Å². The molecule has 0 bridgehead atoms. The number of aliphatic carboxylic acids is 2. The van der Waals surface area contributed by atoms with E-state index >= 15 is 0 Å². The van der Waals surface area contributed by atoms with E-state index in [0.717, 1.165) is 12.8 Å². The molecule has 0 radical (unpaired) electrons. The number of carbonyl (C=O) groups is 2. The maximum absolute atomic E-state index is 10.8. The summed E-state index contributed by atoms with van der Waals surface area (Å²) in [6, 6.07) is 0. The highest BCUT2D eigenvalue weighted by atomic mass is 16.4. The van der Waals surface area contributed by atoms with Gasteiger partial charge in [-0.05, 0) is 12.8 Å². The van der Waals surface area contributed by atoms with Gasteiger partial charge in [-0.2, -0.15) is 0 Å². The summed E-state index contributed by atoms with van der Waals surface area (Å²) >= 11 is 0. The van der Waals surface area contributed by atoms with Crippen LogP contribution in [0.15, 0.2) is 12.2 Å². The first-order valence-corrected chi connectivity index (χ1v) is 5.61. The molecule has 2 unspecified atom stereocenters. The summed E-state index contributed by atoms with van der Waals surface area (Å²) in [5.41, 5.74) is 0. The van der Waals surface area contributed by atoms with Crippen molar-refractivity contribution in [3.8, 4) is 0 Å². The van der Waals surface area contributed by atoms with Crippen LogP contribution in [0.4, 0.5) is 0 Å². The van der Waals surface area contributed by atoms with Gasteiger partial charge in [-0.3, -0.25) is 9.59 Å². The predicted molar refractivity (Wildman–Crippen MR) is 61.2 cm³/mol. The quantitative estimate of drug-likeness (QED) is 0.626. The van der Waals surface area contributed by atoms with E-state index < -0.39 is 23.8 Å². The van der Waals surface area contributed by atoms with E-state index in [2.05, 4.69) is 0 Å². The Hall–Kier alpha value is -1.32. The Morgan fingerprint density at radius 1 is 1.25 bits per heavy atom. The Labute approximate surface area is 96.0 Å². The summed E-state index contributed by atoms with van der Waals surface area (Å²) in [5.74, 6) is -2.64. The third-order valence-electron chi connectivity index (χ3n) is 2.47. The van der Waals surface area contributed by atoms with Crippen LogP contribution in [0, 0.1) is 11.8 Å². The lowest BCUT2D eigenvalue weighted by atomic mass is 10.00. The van der Waals surface area contributed by atoms with Gasteiger partial charge in [0.25, 0.3) is 0 Å². The molecule has 92 valence electrons. The van der Waals surface area contributed by atoms with Gasteiger partial charge in [0.05, 0.1) is 11.8 Å². The normalized spacial score (nSPS) is 14.9. The van der Waals surface area contributed by atoms with Crippen LogP contribution >= 0.6 is 0 Å². The molecule has 0 rings (SSSR count). The van der Waals surface area contributed by atoms with Crippen molar-refractivity contribution in [2.45, 2.75) is 39.5 Å². The molecule has 0 heterocycles. The lowest BCUT2D eigenvalue weighted by molar-refractivity contribution is -0.141. The maximum atomic E-state index is 10.8. The highest BCUT2D eigenvalue weighted by Crippen LogP contribution is 2.12. The SMILES string of the molecule is CCCCC(C=CCC(C)C(=O)O)C(=O)O. The monoisotopic (exact) mass is 228 g/mol. The average Bonchev–Trinajstić information content (AvgIpc) is 2.21. The summed E-state index contributed by atoms with van der Waals surface area (Å²) in [5, 5.41) is 17.6. The number of carboxylic acid groups (broad SMARTS) is 2. The van der Waals surface area contributed by atoms with Gasteiger partial charge in [-0.25, -0.2) is 0 Å². The molecule has 0 fully saturated rings. The largest absolute Gasteiger partial charge is 0.481 e. The van der Waals surface area contributed by atoms with Crippen LogP contribution in [0.1, 0.15) is 39.5 Å². The van der Waals surface area contributed by atoms with Gasteiger partial charge in [-0.1, -0.05) is 38.8 Å². The second-order valence-electron chi connectivity index (χ2n) is 3.99. The fourth-order valence-corrected chi connectivity index (χ4v) is 1.27. The van der Waals surface area contributed by atoms with E-state index in [1.165, 1.54) is 0 Å². The lowest BCUT2D eigenvalue weighted by Gasteiger charge is -2.06. The van der Waals surface area contributed by atoms with Gasteiger partial charge in [0.15, 0.2) is 0 Å². The first-order chi connectivity index (χ1) is 7.49. The minimum atomic E-state index is -0.856. The third kappa shape index (κ3) is 6.22. The van der Waals surface area contributed by atoms with Crippen molar-refractivity contribution in [2.75, 3.05) is 0 Å². The zero-order valence-corrected chi connectivity index (χ0v) is 9.85. The fourth-order valence-electron chi connectivity index (χ4n) is 1.27. The molecule has 0 aliphatic rings. The highest BCUT2D eigenvalue weighted by Gasteiger charge is 2.13. The summed E-state index contributed by atoms with van der Waals surface area (Å²) in [6.45, 7) is 3.61. The molecule has 2 N–H and O–H groups in total. The number of hydrogen-bond acceptors (Lipinski definition) is 2. The van der Waals surface area contributed by atoms with E-state index in [0.29, 0.717) is 12.8 Å². The molecule has 16 heavy (non-hydrogen) atoms. The molecule has 0 spiro atoms. The van der Waals surface area contributed by atoms with Gasteiger partial charge in [0.1, 0.15) is 0 Å². The smallest absolute Gasteiger partial charge is 0.310 e. The predicted octanol–water partition coefficient (Wildman–Crippen LogP) is 2.54. The maximum Gasteiger partial charge on any atom is 0.310 e. The summed E-state index contributed by atoms with van der Waals surface area (Å²) in [7, 11) is 0. The van der Waals surface area contributed by atoms with Gasteiger partial charge in [-0.15, -0.1) is 0 Å². The van der Waals surface area contributed by atoms with Gasteiger partial charge in [0.2, 0.25) is 0 Å². The molecule has 0 aliphatic heterocycles. The molecular weight excluding hydrogens is 208 g/mol. The van der Waals surface area contributed by atoms with Crippen molar-refractivity contribution >= 4 is 11.9 Å². The van der Waals surface area contributed by atoms with Crippen molar-refractivity contribution in [3.05, 3.63) is 12.2 Å². The first-order valence-electron chi connectivity index (χ1n) is 5.61. The molecule has 0 aromatic carbocycles. The molecule has 0 aromatic rings. The van der Waals surface area contributed by atoms with Gasteiger partial charge >= 0.3 is 11.9 Å². The third-order valence-corrected chi connectivity index (χ3v) is 2.47. The number of hydrogen-bond donors (Lipinski definition) is 2. The number of allylic oxidation sites excluding steroid dienone is 1. The molecule has 0 aromatic heterocycles. The summed E-state index contributed by atoms with van der Waals surface area (Å²) in [6.07, 6.45) is 6.10. The average molecular weight is 228 g/mol. The Morgan fingerprint density at radius 3 is 2.31 bits per heavy atom. The fraction of sp³-hybridized carbons (Fsp3) is 0.667. The standard InChI is InChI=1S/C12H20O4/c1-3-4-7-10(12(15)16)8-5-6-9(2)11(13)14/h5,8-10H,3-4,6-7H2,1-2H3,(H,13,14)(H,15,16). The lowest BCUT2D eigenvalue weighted by Crippen LogP contribution is -2.11. The van der Waals surface area contributed by atoms with E-state index in [9.17, 15) is 9.59 Å². The molecule has 4 nitrogen and oxygen atoms in total. The number of rotatable bonds is 8. The van der Waals surface area contributed by atoms with E-state index in [4.69, 9.17) is 10.2 Å². The van der Waals surface area contributed by atoms with Crippen molar-refractivity contribution < 1.29 is 19.8 Å². The van der Waals surface area contributed by atoms with E-state index in [-0.39, 0.29) is 0 Å². The van der Waals surface area contributed by atoms with Gasteiger partial charge in [0, 0.05) is 0 Å². The summed E-state index contributed by atoms with van der Waals surface area (Å²) < 4.78 is 0. The summed E-state index contributed by atoms with van der Waals surface area (Å²) in [4.78, 5) is 21.4. The van der Waals surface area contributed by atoms with Crippen LogP contribution in [0.25, 0.3) is 0 Å². The van der Waals surface area contributed by atoms with Crippen molar-refractivity contribution in [1.82, 2.24) is 0 Å². The Balaban J connectivity index is 4.13. The van der Waals surface area contributed by atoms with E-state index in [1.807, 2.05) is 6.92 Å². The van der Waals surface area contributed by atoms with Crippen LogP contribution in [0.5, 0.6) is 0 Å². The molecule has 0 amide bonds. The number of unbranched alkanes of at least 4 members (excludes halogenated alkanes) is 1. The van der Waals surface area contributed by atoms with Gasteiger partial charge < -0.3 is 10.2 Å². The minimum Gasteiger partial charge on any atom is -0.481 e.